The lowest BCUT2D eigenvalue weighted by molar-refractivity contribution is 0.560. The number of hydrogen-bond donors (Lipinski definition) is 0. The SMILES string of the molecule is CC1=CCC(N=C=O)C=C1Cl. The molecule has 1 aliphatic carbocycles. The first-order valence-electron chi connectivity index (χ1n) is 3.35. The van der Waals surface area contributed by atoms with Crippen molar-refractivity contribution in [3.05, 3.63) is 22.8 Å². The van der Waals surface area contributed by atoms with Gasteiger partial charge in [0, 0.05) is 5.03 Å². The van der Waals surface area contributed by atoms with Gasteiger partial charge in [-0.2, -0.15) is 4.99 Å². The van der Waals surface area contributed by atoms with Crippen molar-refractivity contribution >= 4 is 17.7 Å². The van der Waals surface area contributed by atoms with Crippen molar-refractivity contribution in [1.29, 1.82) is 0 Å². The second-order valence-corrected chi connectivity index (χ2v) is 2.83. The summed E-state index contributed by atoms with van der Waals surface area (Å²) in [5, 5.41) is 0.681. The molecule has 2 nitrogen and oxygen atoms in total. The predicted molar refractivity (Wildman–Crippen MR) is 44.2 cm³/mol. The third-order valence-corrected chi connectivity index (χ3v) is 2.02. The van der Waals surface area contributed by atoms with Gasteiger partial charge in [0.1, 0.15) is 0 Å². The third kappa shape index (κ3) is 2.04. The maximum absolute atomic E-state index is 9.88. The van der Waals surface area contributed by atoms with E-state index in [2.05, 4.69) is 4.99 Å². The zero-order chi connectivity index (χ0) is 8.27. The summed E-state index contributed by atoms with van der Waals surface area (Å²) in [5.74, 6) is 0. The van der Waals surface area contributed by atoms with Crippen LogP contribution in [0, 0.1) is 0 Å². The molecule has 1 unspecified atom stereocenters. The van der Waals surface area contributed by atoms with Gasteiger partial charge in [-0.15, -0.1) is 0 Å². The topological polar surface area (TPSA) is 29.4 Å². The summed E-state index contributed by atoms with van der Waals surface area (Å²) in [6.45, 7) is 1.93. The van der Waals surface area contributed by atoms with Crippen LogP contribution >= 0.6 is 11.6 Å². The van der Waals surface area contributed by atoms with Gasteiger partial charge < -0.3 is 0 Å². The Labute approximate surface area is 70.3 Å². The van der Waals surface area contributed by atoms with E-state index in [9.17, 15) is 4.79 Å². The number of halogens is 1. The molecule has 0 aromatic heterocycles. The average Bonchev–Trinajstić information content (AvgIpc) is 1.98. The predicted octanol–water partition coefficient (Wildman–Crippen LogP) is 2.16. The largest absolute Gasteiger partial charge is 0.235 e. The summed E-state index contributed by atoms with van der Waals surface area (Å²) in [4.78, 5) is 13.4. The fraction of sp³-hybridized carbons (Fsp3) is 0.375. The molecule has 0 heterocycles. The van der Waals surface area contributed by atoms with Crippen molar-refractivity contribution in [2.75, 3.05) is 0 Å². The molecule has 1 atom stereocenters. The first kappa shape index (κ1) is 8.25. The Morgan fingerprint density at radius 1 is 1.82 bits per heavy atom. The molecule has 0 bridgehead atoms. The van der Waals surface area contributed by atoms with E-state index in [0.29, 0.717) is 5.03 Å². The molecular formula is C8H8ClNO. The van der Waals surface area contributed by atoms with Gasteiger partial charge in [-0.05, 0) is 25.0 Å². The maximum atomic E-state index is 9.88. The molecule has 1 rings (SSSR count). The van der Waals surface area contributed by atoms with Gasteiger partial charge in [-0.1, -0.05) is 17.7 Å². The number of isocyanates is 1. The van der Waals surface area contributed by atoms with Gasteiger partial charge in [-0.3, -0.25) is 0 Å². The molecule has 0 aliphatic heterocycles. The molecule has 0 fully saturated rings. The van der Waals surface area contributed by atoms with E-state index in [1.165, 1.54) is 6.08 Å². The fourth-order valence-corrected chi connectivity index (χ4v) is 1.14. The Bertz CT molecular complexity index is 261. The summed E-state index contributed by atoms with van der Waals surface area (Å²) >= 11 is 5.80. The normalized spacial score (nSPS) is 23.3. The minimum absolute atomic E-state index is 0.108. The first-order valence-corrected chi connectivity index (χ1v) is 3.73. The van der Waals surface area contributed by atoms with Crippen LogP contribution in [0.5, 0.6) is 0 Å². The Hall–Kier alpha value is -0.850. The van der Waals surface area contributed by atoms with Crippen LogP contribution in [0.2, 0.25) is 0 Å². The Morgan fingerprint density at radius 2 is 2.55 bits per heavy atom. The van der Waals surface area contributed by atoms with Gasteiger partial charge in [0.15, 0.2) is 0 Å². The molecule has 0 N–H and O–H groups in total. The Balaban J connectivity index is 2.76. The summed E-state index contributed by atoms with van der Waals surface area (Å²) in [7, 11) is 0. The monoisotopic (exact) mass is 169 g/mol. The van der Waals surface area contributed by atoms with Crippen LogP contribution in [0.4, 0.5) is 0 Å². The summed E-state index contributed by atoms with van der Waals surface area (Å²) in [6, 6.07) is -0.108. The number of hydrogen-bond acceptors (Lipinski definition) is 2. The van der Waals surface area contributed by atoms with Crippen molar-refractivity contribution < 1.29 is 4.79 Å². The van der Waals surface area contributed by atoms with E-state index < -0.39 is 0 Å². The molecule has 3 heteroatoms. The second kappa shape index (κ2) is 3.51. The van der Waals surface area contributed by atoms with Crippen LogP contribution in [0.25, 0.3) is 0 Å². The molecule has 1 aliphatic rings. The molecule has 0 aromatic carbocycles. The molecule has 0 saturated heterocycles. The molecule has 58 valence electrons. The molecule has 0 saturated carbocycles. The Morgan fingerprint density at radius 3 is 3.09 bits per heavy atom. The molecule has 0 spiro atoms. The van der Waals surface area contributed by atoms with E-state index in [4.69, 9.17) is 11.6 Å². The lowest BCUT2D eigenvalue weighted by Crippen LogP contribution is -2.03. The standard InChI is InChI=1S/C8H8ClNO/c1-6-2-3-7(10-5-11)4-8(6)9/h2,4,7H,3H2,1H3. The maximum Gasteiger partial charge on any atom is 0.235 e. The van der Waals surface area contributed by atoms with Crippen molar-refractivity contribution in [2.24, 2.45) is 4.99 Å². The summed E-state index contributed by atoms with van der Waals surface area (Å²) in [6.07, 6.45) is 5.99. The van der Waals surface area contributed by atoms with E-state index in [1.807, 2.05) is 13.0 Å². The zero-order valence-corrected chi connectivity index (χ0v) is 6.93. The van der Waals surface area contributed by atoms with Gasteiger partial charge >= 0.3 is 0 Å². The molecule has 11 heavy (non-hydrogen) atoms. The Kier molecular flexibility index (Phi) is 2.64. The second-order valence-electron chi connectivity index (χ2n) is 2.43. The minimum atomic E-state index is -0.108. The van der Waals surface area contributed by atoms with Crippen LogP contribution in [0.15, 0.2) is 27.7 Å². The van der Waals surface area contributed by atoms with E-state index in [0.717, 1.165) is 12.0 Å². The van der Waals surface area contributed by atoms with Crippen molar-refractivity contribution in [2.45, 2.75) is 19.4 Å². The lowest BCUT2D eigenvalue weighted by atomic mass is 10.0. The highest BCUT2D eigenvalue weighted by molar-refractivity contribution is 6.32. The highest BCUT2D eigenvalue weighted by Crippen LogP contribution is 2.22. The molecule has 0 amide bonds. The quantitative estimate of drug-likeness (QED) is 0.437. The van der Waals surface area contributed by atoms with Crippen LogP contribution in [0.3, 0.4) is 0 Å². The number of rotatable bonds is 1. The van der Waals surface area contributed by atoms with Crippen molar-refractivity contribution in [3.8, 4) is 0 Å². The highest BCUT2D eigenvalue weighted by atomic mass is 35.5. The van der Waals surface area contributed by atoms with Crippen LogP contribution in [-0.2, 0) is 4.79 Å². The van der Waals surface area contributed by atoms with Gasteiger partial charge in [-0.25, -0.2) is 4.79 Å². The molecule has 0 radical (unpaired) electrons. The zero-order valence-electron chi connectivity index (χ0n) is 6.17. The molecule has 0 aromatic rings. The average molecular weight is 170 g/mol. The van der Waals surface area contributed by atoms with E-state index >= 15 is 0 Å². The van der Waals surface area contributed by atoms with Crippen LogP contribution in [-0.4, -0.2) is 12.1 Å². The van der Waals surface area contributed by atoms with Gasteiger partial charge in [0.05, 0.1) is 6.04 Å². The van der Waals surface area contributed by atoms with Gasteiger partial charge in [0.25, 0.3) is 0 Å². The fourth-order valence-electron chi connectivity index (χ4n) is 0.921. The summed E-state index contributed by atoms with van der Waals surface area (Å²) < 4.78 is 0. The van der Waals surface area contributed by atoms with Crippen LogP contribution < -0.4 is 0 Å². The smallest absolute Gasteiger partial charge is 0.211 e. The third-order valence-electron chi connectivity index (χ3n) is 1.60. The number of carbonyl (C=O) groups excluding carboxylic acids is 1. The lowest BCUT2D eigenvalue weighted by Gasteiger charge is -2.10. The van der Waals surface area contributed by atoms with Gasteiger partial charge in [0.2, 0.25) is 6.08 Å². The minimum Gasteiger partial charge on any atom is -0.211 e. The van der Waals surface area contributed by atoms with E-state index in [1.54, 1.807) is 6.08 Å². The number of aliphatic imine (C=N–C) groups is 1. The highest BCUT2D eigenvalue weighted by Gasteiger charge is 2.09. The van der Waals surface area contributed by atoms with Crippen molar-refractivity contribution in [3.63, 3.8) is 0 Å². The number of nitrogens with zero attached hydrogens (tertiary/aromatic N) is 1. The molecular weight excluding hydrogens is 162 g/mol. The summed E-state index contributed by atoms with van der Waals surface area (Å²) in [5.41, 5.74) is 1.05. The number of allylic oxidation sites excluding steroid dienone is 2. The van der Waals surface area contributed by atoms with Crippen molar-refractivity contribution in [1.82, 2.24) is 0 Å². The van der Waals surface area contributed by atoms with Crippen LogP contribution in [0.1, 0.15) is 13.3 Å². The van der Waals surface area contributed by atoms with E-state index in [-0.39, 0.29) is 6.04 Å². The first-order chi connectivity index (χ1) is 5.24.